The average molecular weight is 569 g/mol. The van der Waals surface area contributed by atoms with E-state index in [4.69, 9.17) is 33.7 Å². The molecule has 0 fully saturated rings. The van der Waals surface area contributed by atoms with Crippen LogP contribution >= 0.6 is 23.2 Å². The van der Waals surface area contributed by atoms with Crippen LogP contribution in [0.1, 0.15) is 21.7 Å². The number of nitrogens with one attached hydrogen (secondary N) is 2. The number of para-hydroxylation sites is 2. The van der Waals surface area contributed by atoms with Crippen molar-refractivity contribution >= 4 is 63.3 Å². The van der Waals surface area contributed by atoms with Gasteiger partial charge in [0.25, 0.3) is 5.91 Å². The Balaban J connectivity index is 1.30. The third kappa shape index (κ3) is 7.13. The van der Waals surface area contributed by atoms with E-state index in [9.17, 15) is 9.59 Å². The first-order valence-corrected chi connectivity index (χ1v) is 13.4. The van der Waals surface area contributed by atoms with Gasteiger partial charge in [0.15, 0.2) is 6.61 Å². The zero-order chi connectivity index (χ0) is 27.8. The number of nitrogens with zero attached hydrogens (tertiary/aromatic N) is 3. The lowest BCUT2D eigenvalue weighted by molar-refractivity contribution is 0.102. The van der Waals surface area contributed by atoms with Gasteiger partial charge in [0, 0.05) is 49.7 Å². The number of nitrogen functional groups attached to an aromatic ring is 1. The fraction of sp³-hybridized carbons (Fsp3) is 0.250. The average Bonchev–Trinajstić information content (AvgIpc) is 3.26. The number of nitrogens with two attached hydrogens (primary N) is 1. The van der Waals surface area contributed by atoms with E-state index in [2.05, 4.69) is 20.5 Å². The highest BCUT2D eigenvalue weighted by Crippen LogP contribution is 2.23. The first-order chi connectivity index (χ1) is 18.9. The SMILES string of the molecule is Cn1c(COC(=O)NCc2ccc(C(=O)Nc3ccccc3N)cc2)nc2cc(N(CCCl)CCCl)ccc21. The minimum Gasteiger partial charge on any atom is -0.441 e. The molecule has 4 aromatic rings. The van der Waals surface area contributed by atoms with Gasteiger partial charge >= 0.3 is 6.09 Å². The van der Waals surface area contributed by atoms with Crippen LogP contribution in [0.4, 0.5) is 21.9 Å². The molecule has 1 heterocycles. The van der Waals surface area contributed by atoms with Crippen LogP contribution in [0, 0.1) is 0 Å². The number of fused-ring (bicyclic) bond motifs is 1. The predicted octanol–water partition coefficient (Wildman–Crippen LogP) is 5.12. The molecule has 0 aliphatic heterocycles. The molecular weight excluding hydrogens is 539 g/mol. The number of aromatic nitrogens is 2. The number of aryl methyl sites for hydroxylation is 1. The number of carbonyl (C=O) groups excluding carboxylic acids is 2. The van der Waals surface area contributed by atoms with Gasteiger partial charge in [0.1, 0.15) is 5.82 Å². The summed E-state index contributed by atoms with van der Waals surface area (Å²) in [6.07, 6.45) is -0.570. The Labute approximate surface area is 236 Å². The number of hydrogen-bond donors (Lipinski definition) is 3. The lowest BCUT2D eigenvalue weighted by atomic mass is 10.1. The monoisotopic (exact) mass is 568 g/mol. The first kappa shape index (κ1) is 28.1. The molecule has 0 radical (unpaired) electrons. The predicted molar refractivity (Wildman–Crippen MR) is 157 cm³/mol. The molecule has 2 amide bonds. The molecule has 0 spiro atoms. The summed E-state index contributed by atoms with van der Waals surface area (Å²) in [5, 5.41) is 5.51. The molecule has 11 heteroatoms. The van der Waals surface area contributed by atoms with E-state index in [1.165, 1.54) is 0 Å². The Bertz CT molecular complexity index is 1440. The third-order valence-electron chi connectivity index (χ3n) is 6.23. The number of carbonyl (C=O) groups is 2. The van der Waals surface area contributed by atoms with Crippen molar-refractivity contribution in [2.75, 3.05) is 40.8 Å². The Hall–Kier alpha value is -3.95. The highest BCUT2D eigenvalue weighted by atomic mass is 35.5. The smallest absolute Gasteiger partial charge is 0.407 e. The van der Waals surface area contributed by atoms with Crippen LogP contribution in [0.3, 0.4) is 0 Å². The number of alkyl halides is 2. The minimum atomic E-state index is -0.570. The Morgan fingerprint density at radius 1 is 1.03 bits per heavy atom. The highest BCUT2D eigenvalue weighted by molar-refractivity contribution is 6.18. The van der Waals surface area contributed by atoms with Gasteiger partial charge in [-0.1, -0.05) is 24.3 Å². The number of amides is 2. The lowest BCUT2D eigenvalue weighted by Crippen LogP contribution is -2.27. The van der Waals surface area contributed by atoms with Crippen LogP contribution in [0.15, 0.2) is 66.7 Å². The molecule has 0 saturated heterocycles. The number of hydrogen-bond acceptors (Lipinski definition) is 6. The lowest BCUT2D eigenvalue weighted by Gasteiger charge is -2.22. The second-order valence-corrected chi connectivity index (χ2v) is 9.55. The molecule has 0 atom stereocenters. The topological polar surface area (TPSA) is 115 Å². The molecule has 39 heavy (non-hydrogen) atoms. The summed E-state index contributed by atoms with van der Waals surface area (Å²) in [4.78, 5) is 31.6. The summed E-state index contributed by atoms with van der Waals surface area (Å²) in [6.45, 7) is 1.62. The molecule has 4 rings (SSSR count). The van der Waals surface area contributed by atoms with Gasteiger partial charge < -0.3 is 30.6 Å². The van der Waals surface area contributed by atoms with E-state index >= 15 is 0 Å². The maximum atomic E-state index is 12.5. The van der Waals surface area contributed by atoms with Crippen molar-refractivity contribution in [2.24, 2.45) is 7.05 Å². The van der Waals surface area contributed by atoms with E-state index in [0.717, 1.165) is 22.3 Å². The van der Waals surface area contributed by atoms with Crippen molar-refractivity contribution in [1.82, 2.24) is 14.9 Å². The number of halogens is 2. The maximum absolute atomic E-state index is 12.5. The molecule has 0 aliphatic carbocycles. The molecule has 0 aliphatic rings. The van der Waals surface area contributed by atoms with Crippen molar-refractivity contribution in [3.63, 3.8) is 0 Å². The molecular formula is C28H30Cl2N6O3. The van der Waals surface area contributed by atoms with Gasteiger partial charge in [-0.3, -0.25) is 4.79 Å². The van der Waals surface area contributed by atoms with Gasteiger partial charge in [-0.15, -0.1) is 23.2 Å². The standard InChI is InChI=1S/C28H30Cl2N6O3/c1-35-25-11-10-21(36(14-12-29)15-13-30)16-24(25)33-26(35)18-39-28(38)32-17-19-6-8-20(9-7-19)27(37)34-23-5-3-2-4-22(23)31/h2-11,16H,12-15,17-18,31H2,1H3,(H,32,38)(H,34,37). The molecule has 0 saturated carbocycles. The summed E-state index contributed by atoms with van der Waals surface area (Å²) >= 11 is 11.9. The fourth-order valence-electron chi connectivity index (χ4n) is 4.07. The van der Waals surface area contributed by atoms with E-state index < -0.39 is 6.09 Å². The first-order valence-electron chi connectivity index (χ1n) is 12.4. The summed E-state index contributed by atoms with van der Waals surface area (Å²) in [6, 6.07) is 19.9. The fourth-order valence-corrected chi connectivity index (χ4v) is 4.48. The normalized spacial score (nSPS) is 10.8. The second-order valence-electron chi connectivity index (χ2n) is 8.79. The van der Waals surface area contributed by atoms with Crippen LogP contribution in [-0.2, 0) is 24.9 Å². The van der Waals surface area contributed by atoms with Crippen LogP contribution < -0.4 is 21.3 Å². The van der Waals surface area contributed by atoms with Gasteiger partial charge in [-0.25, -0.2) is 9.78 Å². The minimum absolute atomic E-state index is 0.0150. The summed E-state index contributed by atoms with van der Waals surface area (Å²) in [5.74, 6) is 1.34. The molecule has 204 valence electrons. The van der Waals surface area contributed by atoms with Gasteiger partial charge in [-0.05, 0) is 48.0 Å². The van der Waals surface area contributed by atoms with Crippen LogP contribution in [0.2, 0.25) is 0 Å². The summed E-state index contributed by atoms with van der Waals surface area (Å²) in [7, 11) is 1.88. The van der Waals surface area contributed by atoms with E-state index in [-0.39, 0.29) is 19.1 Å². The number of rotatable bonds is 11. The zero-order valence-electron chi connectivity index (χ0n) is 21.5. The van der Waals surface area contributed by atoms with Crippen LogP contribution in [0.5, 0.6) is 0 Å². The van der Waals surface area contributed by atoms with Crippen molar-refractivity contribution in [3.05, 3.63) is 83.7 Å². The van der Waals surface area contributed by atoms with Gasteiger partial charge in [-0.2, -0.15) is 0 Å². The van der Waals surface area contributed by atoms with Crippen molar-refractivity contribution in [2.45, 2.75) is 13.2 Å². The van der Waals surface area contributed by atoms with Gasteiger partial charge in [0.2, 0.25) is 0 Å². The number of anilines is 3. The van der Waals surface area contributed by atoms with Crippen LogP contribution in [0.25, 0.3) is 11.0 Å². The largest absolute Gasteiger partial charge is 0.441 e. The number of alkyl carbamates (subject to hydrolysis) is 1. The molecule has 4 N–H and O–H groups in total. The number of benzene rings is 3. The van der Waals surface area contributed by atoms with E-state index in [1.807, 2.05) is 29.8 Å². The summed E-state index contributed by atoms with van der Waals surface area (Å²) < 4.78 is 7.30. The highest BCUT2D eigenvalue weighted by Gasteiger charge is 2.14. The molecule has 1 aromatic heterocycles. The Morgan fingerprint density at radius 3 is 2.44 bits per heavy atom. The second kappa shape index (κ2) is 13.2. The Morgan fingerprint density at radius 2 is 1.74 bits per heavy atom. The molecule has 0 unspecified atom stereocenters. The molecule has 3 aromatic carbocycles. The van der Waals surface area contributed by atoms with Crippen molar-refractivity contribution < 1.29 is 14.3 Å². The quantitative estimate of drug-likeness (QED) is 0.171. The Kier molecular flexibility index (Phi) is 9.51. The van der Waals surface area contributed by atoms with Crippen molar-refractivity contribution in [3.8, 4) is 0 Å². The van der Waals surface area contributed by atoms with Crippen LogP contribution in [-0.4, -0.2) is 46.4 Å². The number of ether oxygens (including phenoxy) is 1. The van der Waals surface area contributed by atoms with Gasteiger partial charge in [0.05, 0.1) is 22.4 Å². The zero-order valence-corrected chi connectivity index (χ0v) is 23.0. The summed E-state index contributed by atoms with van der Waals surface area (Å²) in [5.41, 5.74) is 10.9. The maximum Gasteiger partial charge on any atom is 0.407 e. The third-order valence-corrected chi connectivity index (χ3v) is 6.56. The number of imidazole rings is 1. The molecule has 0 bridgehead atoms. The van der Waals surface area contributed by atoms with E-state index in [1.54, 1.807) is 48.5 Å². The van der Waals surface area contributed by atoms with E-state index in [0.29, 0.717) is 47.6 Å². The molecule has 9 nitrogen and oxygen atoms in total. The van der Waals surface area contributed by atoms with Crippen molar-refractivity contribution in [1.29, 1.82) is 0 Å².